The first-order chi connectivity index (χ1) is 10.3. The number of urea groups is 1. The number of thiophene rings is 1. The highest BCUT2D eigenvalue weighted by Gasteiger charge is 2.31. The summed E-state index contributed by atoms with van der Waals surface area (Å²) in [5, 5.41) is 6.08. The molecule has 110 valence electrons. The molecule has 2 aromatic heterocycles. The van der Waals surface area contributed by atoms with Gasteiger partial charge in [-0.15, -0.1) is 11.3 Å². The Morgan fingerprint density at radius 1 is 1.24 bits per heavy atom. The van der Waals surface area contributed by atoms with Crippen LogP contribution in [0.25, 0.3) is 10.2 Å². The van der Waals surface area contributed by atoms with Crippen LogP contribution in [0.2, 0.25) is 0 Å². The molecule has 2 fully saturated rings. The number of aromatic nitrogens is 2. The van der Waals surface area contributed by atoms with E-state index in [0.717, 1.165) is 55.1 Å². The van der Waals surface area contributed by atoms with E-state index < -0.39 is 0 Å². The zero-order valence-corrected chi connectivity index (χ0v) is 12.5. The molecule has 0 spiro atoms. The number of piperidine rings is 1. The summed E-state index contributed by atoms with van der Waals surface area (Å²) in [5.41, 5.74) is 0. The number of amides is 2. The normalized spacial score (nSPS) is 20.3. The molecular formula is C14H17N5OS. The van der Waals surface area contributed by atoms with Crippen molar-refractivity contribution in [2.45, 2.75) is 18.9 Å². The average Bonchev–Trinajstić information content (AvgIpc) is 3.15. The zero-order valence-electron chi connectivity index (χ0n) is 11.7. The molecule has 4 heterocycles. The van der Waals surface area contributed by atoms with Crippen LogP contribution in [0.5, 0.6) is 0 Å². The fourth-order valence-electron chi connectivity index (χ4n) is 3.25. The minimum absolute atomic E-state index is 0.0933. The molecule has 0 saturated carbocycles. The van der Waals surface area contributed by atoms with Gasteiger partial charge in [0.1, 0.15) is 17.0 Å². The average molecular weight is 303 g/mol. The Kier molecular flexibility index (Phi) is 3.14. The molecule has 2 amide bonds. The predicted molar refractivity (Wildman–Crippen MR) is 82.8 cm³/mol. The van der Waals surface area contributed by atoms with Crippen molar-refractivity contribution in [1.82, 2.24) is 20.2 Å². The second-order valence-electron chi connectivity index (χ2n) is 5.48. The van der Waals surface area contributed by atoms with Crippen LogP contribution in [0, 0.1) is 0 Å². The fraction of sp³-hybridized carbons (Fsp3) is 0.500. The quantitative estimate of drug-likeness (QED) is 0.917. The summed E-state index contributed by atoms with van der Waals surface area (Å²) in [6, 6.07) is 2.55. The van der Waals surface area contributed by atoms with Crippen LogP contribution in [-0.2, 0) is 0 Å². The molecular weight excluding hydrogens is 286 g/mol. The van der Waals surface area contributed by atoms with E-state index in [1.807, 2.05) is 4.90 Å². The maximum absolute atomic E-state index is 11.7. The van der Waals surface area contributed by atoms with Gasteiger partial charge in [-0.2, -0.15) is 0 Å². The van der Waals surface area contributed by atoms with E-state index in [1.54, 1.807) is 17.7 Å². The lowest BCUT2D eigenvalue weighted by molar-refractivity contribution is 0.186. The van der Waals surface area contributed by atoms with Crippen LogP contribution in [0.15, 0.2) is 17.8 Å². The fourth-order valence-corrected chi connectivity index (χ4v) is 3.98. The number of carbonyl (C=O) groups excluding carboxylic acids is 1. The van der Waals surface area contributed by atoms with Crippen molar-refractivity contribution in [2.75, 3.05) is 31.1 Å². The van der Waals surface area contributed by atoms with Crippen LogP contribution in [-0.4, -0.2) is 53.1 Å². The molecule has 0 aromatic carbocycles. The van der Waals surface area contributed by atoms with Gasteiger partial charge in [0, 0.05) is 32.2 Å². The topological polar surface area (TPSA) is 61.4 Å². The third kappa shape index (κ3) is 2.21. The highest BCUT2D eigenvalue weighted by atomic mass is 32.1. The van der Waals surface area contributed by atoms with Gasteiger partial charge in [0.25, 0.3) is 0 Å². The zero-order chi connectivity index (χ0) is 14.2. The number of anilines is 1. The third-order valence-electron chi connectivity index (χ3n) is 4.34. The SMILES string of the molecule is O=C1NCCN1C1CCN(c2ncnc3sccc23)CC1. The van der Waals surface area contributed by atoms with Gasteiger partial charge in [0.05, 0.1) is 5.39 Å². The first kappa shape index (κ1) is 12.8. The predicted octanol–water partition coefficient (Wildman–Crippen LogP) is 1.69. The van der Waals surface area contributed by atoms with Crippen molar-refractivity contribution in [3.63, 3.8) is 0 Å². The van der Waals surface area contributed by atoms with Gasteiger partial charge >= 0.3 is 6.03 Å². The van der Waals surface area contributed by atoms with Gasteiger partial charge in [0.15, 0.2) is 0 Å². The molecule has 2 aromatic rings. The Hall–Kier alpha value is -1.89. The van der Waals surface area contributed by atoms with Crippen LogP contribution < -0.4 is 10.2 Å². The molecule has 1 N–H and O–H groups in total. The molecule has 2 saturated heterocycles. The molecule has 2 aliphatic rings. The van der Waals surface area contributed by atoms with E-state index >= 15 is 0 Å². The van der Waals surface area contributed by atoms with Crippen LogP contribution >= 0.6 is 11.3 Å². The lowest BCUT2D eigenvalue weighted by Crippen LogP contribution is -2.46. The molecule has 2 aliphatic heterocycles. The first-order valence-electron chi connectivity index (χ1n) is 7.30. The molecule has 0 atom stereocenters. The Labute approximate surface area is 126 Å². The molecule has 6 nitrogen and oxygen atoms in total. The number of nitrogens with zero attached hydrogens (tertiary/aromatic N) is 4. The van der Waals surface area contributed by atoms with Crippen molar-refractivity contribution in [1.29, 1.82) is 0 Å². The Morgan fingerprint density at radius 2 is 2.10 bits per heavy atom. The number of carbonyl (C=O) groups is 1. The van der Waals surface area contributed by atoms with Gasteiger partial charge in [-0.05, 0) is 24.3 Å². The van der Waals surface area contributed by atoms with Crippen molar-refractivity contribution >= 4 is 33.4 Å². The maximum Gasteiger partial charge on any atom is 0.317 e. The molecule has 0 aliphatic carbocycles. The van der Waals surface area contributed by atoms with Crippen LogP contribution in [0.4, 0.5) is 10.6 Å². The molecule has 0 radical (unpaired) electrons. The molecule has 7 heteroatoms. The second-order valence-corrected chi connectivity index (χ2v) is 6.37. The first-order valence-corrected chi connectivity index (χ1v) is 8.18. The summed E-state index contributed by atoms with van der Waals surface area (Å²) < 4.78 is 0. The monoisotopic (exact) mass is 303 g/mol. The van der Waals surface area contributed by atoms with Crippen molar-refractivity contribution < 1.29 is 4.79 Å². The largest absolute Gasteiger partial charge is 0.356 e. The van der Waals surface area contributed by atoms with E-state index in [-0.39, 0.29) is 6.03 Å². The van der Waals surface area contributed by atoms with Gasteiger partial charge in [0.2, 0.25) is 0 Å². The van der Waals surface area contributed by atoms with Crippen LogP contribution in [0.1, 0.15) is 12.8 Å². The van der Waals surface area contributed by atoms with E-state index in [9.17, 15) is 4.79 Å². The number of hydrogen-bond acceptors (Lipinski definition) is 5. The molecule has 0 unspecified atom stereocenters. The van der Waals surface area contributed by atoms with Gasteiger partial charge in [-0.3, -0.25) is 0 Å². The highest BCUT2D eigenvalue weighted by Crippen LogP contribution is 2.29. The minimum atomic E-state index is 0.0933. The van der Waals surface area contributed by atoms with Gasteiger partial charge in [-0.1, -0.05) is 0 Å². The van der Waals surface area contributed by atoms with Crippen molar-refractivity contribution in [3.8, 4) is 0 Å². The van der Waals surface area contributed by atoms with Crippen LogP contribution in [0.3, 0.4) is 0 Å². The smallest absolute Gasteiger partial charge is 0.317 e. The summed E-state index contributed by atoms with van der Waals surface area (Å²) >= 11 is 1.65. The lowest BCUT2D eigenvalue weighted by atomic mass is 10.0. The maximum atomic E-state index is 11.7. The Balaban J connectivity index is 1.50. The number of fused-ring (bicyclic) bond motifs is 1. The molecule has 21 heavy (non-hydrogen) atoms. The summed E-state index contributed by atoms with van der Waals surface area (Å²) in [5.74, 6) is 1.03. The molecule has 0 bridgehead atoms. The summed E-state index contributed by atoms with van der Waals surface area (Å²) in [6.07, 6.45) is 3.65. The van der Waals surface area contributed by atoms with Crippen molar-refractivity contribution in [3.05, 3.63) is 17.8 Å². The standard InChI is InChI=1S/C14H17N5OS/c20-14-15-4-7-19(14)10-1-5-18(6-2-10)12-11-3-8-21-13(11)17-9-16-12/h3,8-10H,1-2,4-7H2,(H,15,20). The van der Waals surface area contributed by atoms with E-state index in [0.29, 0.717) is 6.04 Å². The van der Waals surface area contributed by atoms with E-state index in [4.69, 9.17) is 0 Å². The minimum Gasteiger partial charge on any atom is -0.356 e. The number of nitrogens with one attached hydrogen (secondary N) is 1. The van der Waals surface area contributed by atoms with Gasteiger partial charge in [-0.25, -0.2) is 14.8 Å². The Morgan fingerprint density at radius 3 is 2.86 bits per heavy atom. The van der Waals surface area contributed by atoms with Crippen molar-refractivity contribution in [2.24, 2.45) is 0 Å². The van der Waals surface area contributed by atoms with E-state index in [2.05, 4.69) is 31.6 Å². The highest BCUT2D eigenvalue weighted by molar-refractivity contribution is 7.16. The lowest BCUT2D eigenvalue weighted by Gasteiger charge is -2.36. The Bertz CT molecular complexity index is 664. The summed E-state index contributed by atoms with van der Waals surface area (Å²) in [4.78, 5) is 25.9. The number of hydrogen-bond donors (Lipinski definition) is 1. The molecule has 4 rings (SSSR count). The summed E-state index contributed by atoms with van der Waals surface area (Å²) in [6.45, 7) is 3.50. The second kappa shape index (κ2) is 5.14. The van der Waals surface area contributed by atoms with Gasteiger partial charge < -0.3 is 15.1 Å². The summed E-state index contributed by atoms with van der Waals surface area (Å²) in [7, 11) is 0. The van der Waals surface area contributed by atoms with E-state index in [1.165, 1.54) is 0 Å². The number of rotatable bonds is 2. The third-order valence-corrected chi connectivity index (χ3v) is 5.16.